The highest BCUT2D eigenvalue weighted by Crippen LogP contribution is 2.32. The van der Waals surface area contributed by atoms with Gasteiger partial charge in [-0.2, -0.15) is 0 Å². The quantitative estimate of drug-likeness (QED) is 0.166. The Morgan fingerprint density at radius 1 is 1.05 bits per heavy atom. The van der Waals surface area contributed by atoms with Crippen LogP contribution < -0.4 is 10.0 Å². The maximum absolute atomic E-state index is 13.1. The summed E-state index contributed by atoms with van der Waals surface area (Å²) in [4.78, 5) is 14.8. The summed E-state index contributed by atoms with van der Waals surface area (Å²) >= 11 is 12.1. The monoisotopic (exact) mass is 637 g/mol. The van der Waals surface area contributed by atoms with Crippen LogP contribution in [0.4, 0.5) is 5.69 Å². The van der Waals surface area contributed by atoms with E-state index in [0.29, 0.717) is 29.1 Å². The number of sulfonamides is 1. The molecule has 3 aromatic rings. The fourth-order valence-electron chi connectivity index (χ4n) is 4.56. The van der Waals surface area contributed by atoms with Gasteiger partial charge in [0.2, 0.25) is 15.9 Å². The van der Waals surface area contributed by atoms with E-state index in [1.165, 1.54) is 24.3 Å². The molecule has 0 aromatic heterocycles. The Hall–Kier alpha value is -3.02. The van der Waals surface area contributed by atoms with E-state index in [1.807, 2.05) is 45.0 Å². The Morgan fingerprint density at radius 2 is 1.74 bits per heavy atom. The zero-order valence-corrected chi connectivity index (χ0v) is 26.3. The summed E-state index contributed by atoms with van der Waals surface area (Å²) in [6, 6.07) is 15.0. The number of aromatic hydroxyl groups is 2. The van der Waals surface area contributed by atoms with Crippen LogP contribution in [-0.4, -0.2) is 59.4 Å². The molecule has 0 aliphatic rings. The molecule has 0 radical (unpaired) electrons. The fourth-order valence-corrected chi connectivity index (χ4v) is 5.66. The summed E-state index contributed by atoms with van der Waals surface area (Å²) in [5, 5.41) is 34.9. The number of nitrogens with one attached hydrogen (secondary N) is 2. The number of rotatable bonds is 13. The van der Waals surface area contributed by atoms with Gasteiger partial charge in [-0.25, -0.2) is 8.42 Å². The van der Waals surface area contributed by atoms with E-state index in [0.717, 1.165) is 17.4 Å². The molecule has 9 nitrogen and oxygen atoms in total. The van der Waals surface area contributed by atoms with Gasteiger partial charge in [0.25, 0.3) is 0 Å². The van der Waals surface area contributed by atoms with E-state index < -0.39 is 21.7 Å². The Labute approximate surface area is 257 Å². The topological polar surface area (TPSA) is 139 Å². The Kier molecular flexibility index (Phi) is 11.1. The van der Waals surface area contributed by atoms with Gasteiger partial charge in [-0.15, -0.1) is 0 Å². The number of nitrogens with zero attached hydrogens (tertiary/aromatic N) is 1. The van der Waals surface area contributed by atoms with Crippen LogP contribution in [0.25, 0.3) is 0 Å². The standard InChI is InChI=1S/C30H37Cl2N3O6S/c1-5-35(18-22-13-23(31)15-24(32)29(22)39)28(38)12-19-7-6-8-20(11-19)16-30(2,3)33-17-27(37)21-9-10-26(36)25(14-21)34-42(4,40)41/h6-11,13-15,27,33-34,36-37,39H,5,12,16-18H2,1-4H3/t27-/m1/s1. The van der Waals surface area contributed by atoms with Crippen molar-refractivity contribution in [2.75, 3.05) is 24.1 Å². The lowest BCUT2D eigenvalue weighted by atomic mass is 9.93. The molecule has 0 aliphatic carbocycles. The van der Waals surface area contributed by atoms with Crippen molar-refractivity contribution < 1.29 is 28.5 Å². The van der Waals surface area contributed by atoms with Crippen LogP contribution in [0.5, 0.6) is 11.5 Å². The van der Waals surface area contributed by atoms with Crippen LogP contribution in [0.1, 0.15) is 49.1 Å². The molecule has 0 heterocycles. The number of carbonyl (C=O) groups excluding carboxylic acids is 1. The van der Waals surface area contributed by atoms with Crippen molar-refractivity contribution in [3.8, 4) is 11.5 Å². The van der Waals surface area contributed by atoms with Gasteiger partial charge in [0, 0.05) is 35.8 Å². The number of hydrogen-bond donors (Lipinski definition) is 5. The average Bonchev–Trinajstić information content (AvgIpc) is 2.88. The van der Waals surface area contributed by atoms with Crippen molar-refractivity contribution in [2.24, 2.45) is 0 Å². The van der Waals surface area contributed by atoms with Crippen molar-refractivity contribution >= 4 is 44.8 Å². The van der Waals surface area contributed by atoms with Crippen LogP contribution in [0, 0.1) is 0 Å². The molecule has 42 heavy (non-hydrogen) atoms. The predicted molar refractivity (Wildman–Crippen MR) is 167 cm³/mol. The first-order chi connectivity index (χ1) is 19.6. The zero-order valence-electron chi connectivity index (χ0n) is 24.0. The number of hydrogen-bond acceptors (Lipinski definition) is 7. The third-order valence-corrected chi connectivity index (χ3v) is 7.77. The minimum Gasteiger partial charge on any atom is -0.506 e. The molecule has 1 amide bonds. The molecule has 228 valence electrons. The molecule has 0 saturated carbocycles. The van der Waals surface area contributed by atoms with Gasteiger partial charge in [0.1, 0.15) is 11.5 Å². The number of halogens is 2. The Morgan fingerprint density at radius 3 is 2.40 bits per heavy atom. The molecular weight excluding hydrogens is 601 g/mol. The normalized spacial score (nSPS) is 12.6. The molecule has 12 heteroatoms. The van der Waals surface area contributed by atoms with E-state index in [9.17, 15) is 28.5 Å². The van der Waals surface area contributed by atoms with Crippen LogP contribution >= 0.6 is 23.2 Å². The van der Waals surface area contributed by atoms with Crippen molar-refractivity contribution in [1.82, 2.24) is 10.2 Å². The van der Waals surface area contributed by atoms with E-state index in [1.54, 1.807) is 11.0 Å². The average molecular weight is 639 g/mol. The molecule has 1 atom stereocenters. The molecule has 0 bridgehead atoms. The minimum atomic E-state index is -3.60. The lowest BCUT2D eigenvalue weighted by molar-refractivity contribution is -0.130. The summed E-state index contributed by atoms with van der Waals surface area (Å²) in [5.74, 6) is -0.438. The van der Waals surface area contributed by atoms with Gasteiger partial charge in [0.05, 0.1) is 29.5 Å². The summed E-state index contributed by atoms with van der Waals surface area (Å²) < 4.78 is 25.4. The van der Waals surface area contributed by atoms with Gasteiger partial charge in [-0.3, -0.25) is 9.52 Å². The van der Waals surface area contributed by atoms with Crippen molar-refractivity contribution in [2.45, 2.75) is 51.8 Å². The highest BCUT2D eigenvalue weighted by atomic mass is 35.5. The minimum absolute atomic E-state index is 0.00511. The van der Waals surface area contributed by atoms with Crippen molar-refractivity contribution in [3.05, 3.63) is 86.9 Å². The molecule has 3 aromatic carbocycles. The number of amides is 1. The van der Waals surface area contributed by atoms with Crippen LogP contribution in [-0.2, 0) is 34.2 Å². The summed E-state index contributed by atoms with van der Waals surface area (Å²) in [5.41, 5.74) is 2.31. The molecular formula is C30H37Cl2N3O6S. The first-order valence-electron chi connectivity index (χ1n) is 13.3. The number of aliphatic hydroxyl groups is 1. The number of benzene rings is 3. The number of phenols is 2. The first-order valence-corrected chi connectivity index (χ1v) is 16.0. The summed E-state index contributed by atoms with van der Waals surface area (Å²) in [7, 11) is -3.60. The lowest BCUT2D eigenvalue weighted by Crippen LogP contribution is -2.43. The second kappa shape index (κ2) is 14.0. The van der Waals surface area contributed by atoms with E-state index >= 15 is 0 Å². The third kappa shape index (κ3) is 9.78. The number of aliphatic hydroxyl groups excluding tert-OH is 1. The van der Waals surface area contributed by atoms with E-state index in [-0.39, 0.29) is 47.6 Å². The van der Waals surface area contributed by atoms with E-state index in [4.69, 9.17) is 23.2 Å². The second-order valence-electron chi connectivity index (χ2n) is 10.9. The Bertz CT molecular complexity index is 1530. The number of anilines is 1. The highest BCUT2D eigenvalue weighted by molar-refractivity contribution is 7.92. The van der Waals surface area contributed by atoms with Gasteiger partial charge >= 0.3 is 0 Å². The van der Waals surface area contributed by atoms with Crippen molar-refractivity contribution in [1.29, 1.82) is 0 Å². The van der Waals surface area contributed by atoms with Crippen molar-refractivity contribution in [3.63, 3.8) is 0 Å². The van der Waals surface area contributed by atoms with Gasteiger partial charge in [0.15, 0.2) is 0 Å². The smallest absolute Gasteiger partial charge is 0.229 e. The number of β-amino-alcohol motifs (C(OH)–C–C–N with tert-alkyl or cyclic N) is 1. The molecule has 3 rings (SSSR count). The highest BCUT2D eigenvalue weighted by Gasteiger charge is 2.22. The molecule has 0 spiro atoms. The third-order valence-electron chi connectivity index (χ3n) is 6.67. The van der Waals surface area contributed by atoms with Gasteiger partial charge in [-0.05, 0) is 68.1 Å². The molecule has 0 fully saturated rings. The second-order valence-corrected chi connectivity index (χ2v) is 13.5. The van der Waals surface area contributed by atoms with Gasteiger partial charge in [-0.1, -0.05) is 53.5 Å². The first kappa shape index (κ1) is 33.5. The van der Waals surface area contributed by atoms with E-state index in [2.05, 4.69) is 10.0 Å². The molecule has 0 aliphatic heterocycles. The number of phenolic OH excluding ortho intramolecular Hbond substituents is 2. The van der Waals surface area contributed by atoms with Gasteiger partial charge < -0.3 is 25.5 Å². The maximum atomic E-state index is 13.1. The predicted octanol–water partition coefficient (Wildman–Crippen LogP) is 5.01. The largest absolute Gasteiger partial charge is 0.506 e. The molecule has 0 unspecified atom stereocenters. The molecule has 0 saturated heterocycles. The van der Waals surface area contributed by atoms with Crippen LogP contribution in [0.3, 0.4) is 0 Å². The SMILES string of the molecule is CCN(Cc1cc(Cl)cc(Cl)c1O)C(=O)Cc1cccc(CC(C)(C)NC[C@@H](O)c2ccc(O)c(NS(C)(=O)=O)c2)c1. The Balaban J connectivity index is 1.63. The molecule has 5 N–H and O–H groups in total. The number of likely N-dealkylation sites (N-methyl/N-ethyl adjacent to an activating group) is 1. The summed E-state index contributed by atoms with van der Waals surface area (Å²) in [6.07, 6.45) is 0.800. The maximum Gasteiger partial charge on any atom is 0.229 e. The fraction of sp³-hybridized carbons (Fsp3) is 0.367. The van der Waals surface area contributed by atoms with Crippen LogP contribution in [0.15, 0.2) is 54.6 Å². The zero-order chi connectivity index (χ0) is 31.2. The lowest BCUT2D eigenvalue weighted by Gasteiger charge is -2.28. The summed E-state index contributed by atoms with van der Waals surface area (Å²) in [6.45, 7) is 6.64. The number of carbonyl (C=O) groups is 1. The van der Waals surface area contributed by atoms with Crippen LogP contribution in [0.2, 0.25) is 10.0 Å².